The van der Waals surface area contributed by atoms with Crippen LogP contribution in [0.2, 0.25) is 5.02 Å². The van der Waals surface area contributed by atoms with Gasteiger partial charge in [0.25, 0.3) is 0 Å². The average Bonchev–Trinajstić information content (AvgIpc) is 2.88. The molecule has 2 heterocycles. The van der Waals surface area contributed by atoms with Gasteiger partial charge < -0.3 is 10.2 Å². The lowest BCUT2D eigenvalue weighted by Gasteiger charge is -2.35. The molecule has 0 aliphatic carbocycles. The molecule has 3 heteroatoms. The van der Waals surface area contributed by atoms with E-state index < -0.39 is 0 Å². The molecule has 2 nitrogen and oxygen atoms in total. The van der Waals surface area contributed by atoms with E-state index in [0.717, 1.165) is 30.1 Å². The Kier molecular flexibility index (Phi) is 4.42. The fourth-order valence-electron chi connectivity index (χ4n) is 3.48. The number of fused-ring (bicyclic) bond motifs is 1. The number of rotatable bonds is 4. The van der Waals surface area contributed by atoms with E-state index in [1.807, 2.05) is 12.1 Å². The van der Waals surface area contributed by atoms with Crippen LogP contribution in [0.25, 0.3) is 0 Å². The van der Waals surface area contributed by atoms with E-state index in [1.54, 1.807) is 0 Å². The average molecular weight is 279 g/mol. The van der Waals surface area contributed by atoms with E-state index in [9.17, 15) is 0 Å². The molecule has 2 aliphatic heterocycles. The Bertz CT molecular complexity index is 404. The Morgan fingerprint density at radius 3 is 2.84 bits per heavy atom. The first-order valence-corrected chi connectivity index (χ1v) is 7.91. The van der Waals surface area contributed by atoms with Gasteiger partial charge in [0.05, 0.1) is 0 Å². The van der Waals surface area contributed by atoms with Gasteiger partial charge in [0.2, 0.25) is 0 Å². The topological polar surface area (TPSA) is 15.3 Å². The van der Waals surface area contributed by atoms with E-state index in [2.05, 4.69) is 22.3 Å². The molecule has 2 aliphatic rings. The van der Waals surface area contributed by atoms with Crippen LogP contribution in [0, 0.1) is 0 Å². The molecule has 0 spiro atoms. The number of piperidine rings is 1. The second-order valence-electron chi connectivity index (χ2n) is 5.88. The van der Waals surface area contributed by atoms with Crippen molar-refractivity contribution in [3.8, 4) is 0 Å². The minimum atomic E-state index is 0.728. The van der Waals surface area contributed by atoms with Crippen LogP contribution in [0.5, 0.6) is 0 Å². The molecule has 2 saturated heterocycles. The lowest BCUT2D eigenvalue weighted by Crippen LogP contribution is -2.46. The largest absolute Gasteiger partial charge is 0.314 e. The zero-order valence-corrected chi connectivity index (χ0v) is 12.2. The van der Waals surface area contributed by atoms with E-state index in [0.29, 0.717) is 0 Å². The molecule has 0 aromatic heterocycles. The molecule has 2 atom stereocenters. The molecular formula is C16H23ClN2. The van der Waals surface area contributed by atoms with Crippen molar-refractivity contribution in [3.63, 3.8) is 0 Å². The maximum atomic E-state index is 5.90. The second kappa shape index (κ2) is 6.25. The summed E-state index contributed by atoms with van der Waals surface area (Å²) in [5.41, 5.74) is 1.37. The van der Waals surface area contributed by atoms with Crippen LogP contribution in [0.3, 0.4) is 0 Å². The summed E-state index contributed by atoms with van der Waals surface area (Å²) in [5, 5.41) is 4.56. The first-order chi connectivity index (χ1) is 9.31. The molecule has 1 aromatic rings. The Morgan fingerprint density at radius 2 is 2.00 bits per heavy atom. The van der Waals surface area contributed by atoms with Crippen LogP contribution in [0.4, 0.5) is 0 Å². The van der Waals surface area contributed by atoms with Crippen molar-refractivity contribution in [2.45, 2.75) is 44.2 Å². The van der Waals surface area contributed by atoms with Gasteiger partial charge in [0, 0.05) is 17.1 Å². The first-order valence-electron chi connectivity index (χ1n) is 7.53. The van der Waals surface area contributed by atoms with Crippen LogP contribution in [-0.4, -0.2) is 36.6 Å². The molecule has 0 saturated carbocycles. The number of hydrogen-bond donors (Lipinski definition) is 1. The summed E-state index contributed by atoms with van der Waals surface area (Å²) in [5.74, 6) is 0. The lowest BCUT2D eigenvalue weighted by atomic mass is 9.97. The van der Waals surface area contributed by atoms with Gasteiger partial charge in [-0.15, -0.1) is 0 Å². The number of benzene rings is 1. The highest BCUT2D eigenvalue weighted by Crippen LogP contribution is 2.26. The van der Waals surface area contributed by atoms with Crippen molar-refractivity contribution in [1.29, 1.82) is 0 Å². The first kappa shape index (κ1) is 13.4. The predicted molar refractivity (Wildman–Crippen MR) is 80.8 cm³/mol. The van der Waals surface area contributed by atoms with Gasteiger partial charge in [0.1, 0.15) is 0 Å². The van der Waals surface area contributed by atoms with Crippen LogP contribution in [0.1, 0.15) is 31.2 Å². The Labute approximate surface area is 121 Å². The van der Waals surface area contributed by atoms with Gasteiger partial charge in [0.15, 0.2) is 0 Å². The molecular weight excluding hydrogens is 256 g/mol. The predicted octanol–water partition coefficient (Wildman–Crippen LogP) is 3.10. The minimum absolute atomic E-state index is 0.728. The zero-order chi connectivity index (χ0) is 13.1. The molecule has 1 aromatic carbocycles. The van der Waals surface area contributed by atoms with Crippen LogP contribution in [0.15, 0.2) is 24.3 Å². The van der Waals surface area contributed by atoms with E-state index in [1.165, 1.54) is 44.3 Å². The minimum Gasteiger partial charge on any atom is -0.314 e. The zero-order valence-electron chi connectivity index (χ0n) is 11.4. The maximum absolute atomic E-state index is 5.90. The summed E-state index contributed by atoms with van der Waals surface area (Å²) >= 11 is 5.90. The fraction of sp³-hybridized carbons (Fsp3) is 0.625. The third-order valence-corrected chi connectivity index (χ3v) is 4.83. The smallest absolute Gasteiger partial charge is 0.0406 e. The van der Waals surface area contributed by atoms with Crippen LogP contribution >= 0.6 is 11.6 Å². The molecule has 3 rings (SSSR count). The fourth-order valence-corrected chi connectivity index (χ4v) is 3.61. The number of nitrogens with one attached hydrogen (secondary N) is 1. The van der Waals surface area contributed by atoms with Crippen molar-refractivity contribution in [2.24, 2.45) is 0 Å². The Morgan fingerprint density at radius 1 is 1.16 bits per heavy atom. The van der Waals surface area contributed by atoms with E-state index in [-0.39, 0.29) is 0 Å². The van der Waals surface area contributed by atoms with Crippen molar-refractivity contribution >= 4 is 11.6 Å². The molecule has 2 unspecified atom stereocenters. The standard InChI is InChI=1S/C16H23ClN2/c17-14-5-3-13(4-6-14)7-9-18-15-8-11-19-10-1-2-16(19)12-15/h3-6,15-16,18H,1-2,7-12H2. The number of halogens is 1. The molecule has 2 fully saturated rings. The summed E-state index contributed by atoms with van der Waals surface area (Å²) in [4.78, 5) is 2.68. The van der Waals surface area contributed by atoms with Gasteiger partial charge >= 0.3 is 0 Å². The van der Waals surface area contributed by atoms with Crippen LogP contribution in [-0.2, 0) is 6.42 Å². The Hall–Kier alpha value is -0.570. The van der Waals surface area contributed by atoms with Crippen molar-refractivity contribution in [2.75, 3.05) is 19.6 Å². The molecule has 0 radical (unpaired) electrons. The normalized spacial score (nSPS) is 27.4. The summed E-state index contributed by atoms with van der Waals surface area (Å²) in [7, 11) is 0. The molecule has 1 N–H and O–H groups in total. The van der Waals surface area contributed by atoms with E-state index >= 15 is 0 Å². The van der Waals surface area contributed by atoms with Gasteiger partial charge in [-0.3, -0.25) is 0 Å². The van der Waals surface area contributed by atoms with Crippen LogP contribution < -0.4 is 5.32 Å². The van der Waals surface area contributed by atoms with Gasteiger partial charge in [-0.05, 0) is 69.4 Å². The quantitative estimate of drug-likeness (QED) is 0.910. The highest BCUT2D eigenvalue weighted by molar-refractivity contribution is 6.30. The molecule has 19 heavy (non-hydrogen) atoms. The monoisotopic (exact) mass is 278 g/mol. The number of nitrogens with zero attached hydrogens (tertiary/aromatic N) is 1. The van der Waals surface area contributed by atoms with Gasteiger partial charge in [-0.25, -0.2) is 0 Å². The molecule has 104 valence electrons. The third kappa shape index (κ3) is 3.50. The van der Waals surface area contributed by atoms with Gasteiger partial charge in [-0.1, -0.05) is 23.7 Å². The summed E-state index contributed by atoms with van der Waals surface area (Å²) < 4.78 is 0. The Balaban J connectivity index is 1.41. The van der Waals surface area contributed by atoms with Crippen molar-refractivity contribution < 1.29 is 0 Å². The van der Waals surface area contributed by atoms with Crippen molar-refractivity contribution in [1.82, 2.24) is 10.2 Å². The highest BCUT2D eigenvalue weighted by atomic mass is 35.5. The lowest BCUT2D eigenvalue weighted by molar-refractivity contribution is 0.167. The molecule has 0 bridgehead atoms. The number of hydrogen-bond acceptors (Lipinski definition) is 2. The summed E-state index contributed by atoms with van der Waals surface area (Å²) in [6, 6.07) is 9.81. The van der Waals surface area contributed by atoms with Gasteiger partial charge in [-0.2, -0.15) is 0 Å². The third-order valence-electron chi connectivity index (χ3n) is 4.58. The molecule has 0 amide bonds. The summed E-state index contributed by atoms with van der Waals surface area (Å²) in [6.45, 7) is 3.71. The van der Waals surface area contributed by atoms with Crippen molar-refractivity contribution in [3.05, 3.63) is 34.9 Å². The summed E-state index contributed by atoms with van der Waals surface area (Å²) in [6.07, 6.45) is 6.58. The highest BCUT2D eigenvalue weighted by Gasteiger charge is 2.31. The maximum Gasteiger partial charge on any atom is 0.0406 e. The second-order valence-corrected chi connectivity index (χ2v) is 6.32. The SMILES string of the molecule is Clc1ccc(CCNC2CCN3CCCC3C2)cc1. The van der Waals surface area contributed by atoms with E-state index in [4.69, 9.17) is 11.6 Å².